The fourth-order valence-corrected chi connectivity index (χ4v) is 0.774. The molecule has 0 unspecified atom stereocenters. The summed E-state index contributed by atoms with van der Waals surface area (Å²) in [6.07, 6.45) is 1.52. The zero-order valence-corrected chi connectivity index (χ0v) is 5.96. The van der Waals surface area contributed by atoms with Crippen molar-refractivity contribution in [2.45, 2.75) is 13.8 Å². The number of Topliss-reactive ketones (excluding diaryl/α,β-unsaturated/α-hetero) is 1. The summed E-state index contributed by atoms with van der Waals surface area (Å²) in [6, 6.07) is 1.67. The van der Waals surface area contributed by atoms with E-state index in [0.717, 1.165) is 0 Å². The van der Waals surface area contributed by atoms with Gasteiger partial charge in [-0.2, -0.15) is 10.2 Å². The Bertz CT molecular complexity index is 258. The van der Waals surface area contributed by atoms with E-state index >= 15 is 0 Å². The van der Waals surface area contributed by atoms with Crippen LogP contribution < -0.4 is 0 Å². The first-order valence-electron chi connectivity index (χ1n) is 3.01. The van der Waals surface area contributed by atoms with Crippen LogP contribution in [-0.4, -0.2) is 16.0 Å². The number of hydrogen-bond acceptors (Lipinski definition) is 3. The van der Waals surface area contributed by atoms with Crippen molar-refractivity contribution < 1.29 is 4.79 Å². The van der Waals surface area contributed by atoms with Crippen LogP contribution in [0.5, 0.6) is 0 Å². The van der Waals surface area contributed by atoms with Crippen LogP contribution in [0.1, 0.15) is 23.0 Å². The second-order valence-electron chi connectivity index (χ2n) is 2.09. The smallest absolute Gasteiger partial charge is 0.161 e. The molecule has 0 radical (unpaired) electrons. The summed E-state index contributed by atoms with van der Waals surface area (Å²) < 4.78 is 0. The lowest BCUT2D eigenvalue weighted by Gasteiger charge is -1.95. The number of rotatable bonds is 1. The molecule has 0 amide bonds. The number of aryl methyl sites for hydroxylation is 1. The molecule has 1 heterocycles. The number of ketones is 1. The summed E-state index contributed by atoms with van der Waals surface area (Å²) in [6.45, 7) is 3.29. The van der Waals surface area contributed by atoms with Gasteiger partial charge in [0.15, 0.2) is 5.78 Å². The molecule has 0 aliphatic carbocycles. The maximum absolute atomic E-state index is 10.8. The number of carbonyl (C=O) groups is 1. The standard InChI is InChI=1S/C7H8N2O/c1-5-7(6(2)10)3-4-8-9-5/h3-4H,1-2H3. The molecule has 0 bridgehead atoms. The van der Waals surface area contributed by atoms with Crippen LogP contribution in [0, 0.1) is 6.92 Å². The third-order valence-corrected chi connectivity index (χ3v) is 1.28. The van der Waals surface area contributed by atoms with Crippen LogP contribution >= 0.6 is 0 Å². The lowest BCUT2D eigenvalue weighted by molar-refractivity contribution is 0.101. The highest BCUT2D eigenvalue weighted by atomic mass is 16.1. The van der Waals surface area contributed by atoms with Crippen LogP contribution in [0.4, 0.5) is 0 Å². The molecule has 0 spiro atoms. The Balaban J connectivity index is 3.15. The first-order valence-corrected chi connectivity index (χ1v) is 3.01. The van der Waals surface area contributed by atoms with Crippen LogP contribution in [0.2, 0.25) is 0 Å². The molecule has 0 fully saturated rings. The van der Waals surface area contributed by atoms with Crippen LogP contribution in [0.3, 0.4) is 0 Å². The summed E-state index contributed by atoms with van der Waals surface area (Å²) in [5.41, 5.74) is 1.34. The molecule has 52 valence electrons. The predicted molar refractivity (Wildman–Crippen MR) is 36.8 cm³/mol. The zero-order valence-electron chi connectivity index (χ0n) is 5.96. The van der Waals surface area contributed by atoms with Crippen LogP contribution in [0.25, 0.3) is 0 Å². The van der Waals surface area contributed by atoms with E-state index in [2.05, 4.69) is 10.2 Å². The number of aromatic nitrogens is 2. The van der Waals surface area contributed by atoms with E-state index in [4.69, 9.17) is 0 Å². The van der Waals surface area contributed by atoms with Gasteiger partial charge in [-0.3, -0.25) is 4.79 Å². The summed E-state index contributed by atoms with van der Waals surface area (Å²) >= 11 is 0. The van der Waals surface area contributed by atoms with Gasteiger partial charge in [0.25, 0.3) is 0 Å². The minimum atomic E-state index is 0.0346. The van der Waals surface area contributed by atoms with Crippen LogP contribution in [-0.2, 0) is 0 Å². The van der Waals surface area contributed by atoms with E-state index in [1.165, 1.54) is 13.1 Å². The van der Waals surface area contributed by atoms with Crippen molar-refractivity contribution in [2.24, 2.45) is 0 Å². The predicted octanol–water partition coefficient (Wildman–Crippen LogP) is 0.988. The SMILES string of the molecule is CC(=O)c1ccnnc1C. The molecule has 3 nitrogen and oxygen atoms in total. The second kappa shape index (κ2) is 2.56. The Kier molecular flexibility index (Phi) is 1.76. The Labute approximate surface area is 59.1 Å². The number of carbonyl (C=O) groups excluding carboxylic acids is 1. The van der Waals surface area contributed by atoms with Crippen molar-refractivity contribution in [1.82, 2.24) is 10.2 Å². The fraction of sp³-hybridized carbons (Fsp3) is 0.286. The van der Waals surface area contributed by atoms with Gasteiger partial charge in [-0.25, -0.2) is 0 Å². The molecular weight excluding hydrogens is 128 g/mol. The van der Waals surface area contributed by atoms with Crippen molar-refractivity contribution in [1.29, 1.82) is 0 Å². The van der Waals surface area contributed by atoms with Gasteiger partial charge in [0.1, 0.15) is 0 Å². The van der Waals surface area contributed by atoms with E-state index in [1.54, 1.807) is 13.0 Å². The van der Waals surface area contributed by atoms with E-state index < -0.39 is 0 Å². The van der Waals surface area contributed by atoms with Gasteiger partial charge in [0, 0.05) is 5.56 Å². The molecule has 1 rings (SSSR count). The maximum atomic E-state index is 10.8. The molecule has 3 heteroatoms. The second-order valence-corrected chi connectivity index (χ2v) is 2.09. The van der Waals surface area contributed by atoms with Crippen molar-refractivity contribution in [3.63, 3.8) is 0 Å². The van der Waals surface area contributed by atoms with Crippen LogP contribution in [0.15, 0.2) is 12.3 Å². The van der Waals surface area contributed by atoms with E-state index in [0.29, 0.717) is 11.3 Å². The zero-order chi connectivity index (χ0) is 7.56. The molecule has 1 aromatic heterocycles. The number of nitrogens with zero attached hydrogens (tertiary/aromatic N) is 2. The highest BCUT2D eigenvalue weighted by Crippen LogP contribution is 2.01. The van der Waals surface area contributed by atoms with E-state index in [1.807, 2.05) is 0 Å². The van der Waals surface area contributed by atoms with Crippen molar-refractivity contribution in [2.75, 3.05) is 0 Å². The topological polar surface area (TPSA) is 42.9 Å². The minimum Gasteiger partial charge on any atom is -0.294 e. The maximum Gasteiger partial charge on any atom is 0.161 e. The van der Waals surface area contributed by atoms with Crippen molar-refractivity contribution in [3.05, 3.63) is 23.5 Å². The molecule has 0 aromatic carbocycles. The summed E-state index contributed by atoms with van der Waals surface area (Å²) in [5, 5.41) is 7.35. The summed E-state index contributed by atoms with van der Waals surface area (Å²) in [7, 11) is 0. The van der Waals surface area contributed by atoms with Crippen molar-refractivity contribution >= 4 is 5.78 Å². The molecule has 0 aliphatic heterocycles. The fourth-order valence-electron chi connectivity index (χ4n) is 0.774. The van der Waals surface area contributed by atoms with Gasteiger partial charge in [-0.15, -0.1) is 0 Å². The van der Waals surface area contributed by atoms with Gasteiger partial charge in [0.05, 0.1) is 11.9 Å². The lowest BCUT2D eigenvalue weighted by atomic mass is 10.2. The first-order chi connectivity index (χ1) is 4.72. The van der Waals surface area contributed by atoms with Gasteiger partial charge >= 0.3 is 0 Å². The number of hydrogen-bond donors (Lipinski definition) is 0. The Morgan fingerprint density at radius 3 is 2.70 bits per heavy atom. The average molecular weight is 136 g/mol. The molecule has 0 saturated carbocycles. The van der Waals surface area contributed by atoms with Crippen molar-refractivity contribution in [3.8, 4) is 0 Å². The molecular formula is C7H8N2O. The molecule has 0 aliphatic rings. The lowest BCUT2D eigenvalue weighted by Crippen LogP contribution is -1.98. The Hall–Kier alpha value is -1.25. The van der Waals surface area contributed by atoms with Gasteiger partial charge in [-0.05, 0) is 19.9 Å². The van der Waals surface area contributed by atoms with E-state index in [-0.39, 0.29) is 5.78 Å². The Morgan fingerprint density at radius 2 is 2.30 bits per heavy atom. The van der Waals surface area contributed by atoms with Gasteiger partial charge in [-0.1, -0.05) is 0 Å². The summed E-state index contributed by atoms with van der Waals surface area (Å²) in [4.78, 5) is 10.8. The molecule has 0 N–H and O–H groups in total. The van der Waals surface area contributed by atoms with Gasteiger partial charge < -0.3 is 0 Å². The molecule has 10 heavy (non-hydrogen) atoms. The third kappa shape index (κ3) is 1.18. The quantitative estimate of drug-likeness (QED) is 0.540. The largest absolute Gasteiger partial charge is 0.294 e. The van der Waals surface area contributed by atoms with E-state index in [9.17, 15) is 4.79 Å². The third-order valence-electron chi connectivity index (χ3n) is 1.28. The summed E-state index contributed by atoms with van der Waals surface area (Å²) in [5.74, 6) is 0.0346. The Morgan fingerprint density at radius 1 is 1.60 bits per heavy atom. The molecule has 1 aromatic rings. The normalized spacial score (nSPS) is 9.40. The van der Waals surface area contributed by atoms with Gasteiger partial charge in [0.2, 0.25) is 0 Å². The highest BCUT2D eigenvalue weighted by Gasteiger charge is 2.01. The molecule has 0 saturated heterocycles. The highest BCUT2D eigenvalue weighted by molar-refractivity contribution is 5.94. The average Bonchev–Trinajstić information content (AvgIpc) is 1.88. The molecule has 0 atom stereocenters. The monoisotopic (exact) mass is 136 g/mol. The minimum absolute atomic E-state index is 0.0346. The first kappa shape index (κ1) is 6.86.